The van der Waals surface area contributed by atoms with Gasteiger partial charge >= 0.3 is 0 Å². The van der Waals surface area contributed by atoms with Gasteiger partial charge in [-0.2, -0.15) is 11.8 Å². The Labute approximate surface area is 112 Å². The minimum absolute atomic E-state index is 0.193. The largest absolute Gasteiger partial charge is 0.310 e. The molecule has 0 aromatic heterocycles. The molecule has 0 fully saturated rings. The monoisotopic (exact) mass is 275 g/mol. The van der Waals surface area contributed by atoms with Gasteiger partial charge < -0.3 is 5.32 Å². The highest BCUT2D eigenvalue weighted by atomic mass is 35.5. The third kappa shape index (κ3) is 5.75. The standard InChI is InChI=1S/C13H19ClFNS/c1-3-17-7-6-10(2)16-9-11-4-5-13(15)12(14)8-11/h4-5,8,10,16H,3,6-7,9H2,1-2H3. The van der Waals surface area contributed by atoms with Gasteiger partial charge in [-0.15, -0.1) is 0 Å². The fourth-order valence-electron chi connectivity index (χ4n) is 1.45. The molecule has 0 radical (unpaired) electrons. The lowest BCUT2D eigenvalue weighted by atomic mass is 10.2. The Hall–Kier alpha value is -0.250. The third-order valence-corrected chi connectivity index (χ3v) is 3.76. The highest BCUT2D eigenvalue weighted by Gasteiger charge is 2.03. The van der Waals surface area contributed by atoms with Crippen LogP contribution in [0, 0.1) is 5.82 Å². The summed E-state index contributed by atoms with van der Waals surface area (Å²) in [6.45, 7) is 5.07. The van der Waals surface area contributed by atoms with E-state index >= 15 is 0 Å². The molecule has 17 heavy (non-hydrogen) atoms. The van der Waals surface area contributed by atoms with E-state index in [9.17, 15) is 4.39 Å². The molecule has 0 bridgehead atoms. The molecule has 1 nitrogen and oxygen atoms in total. The third-order valence-electron chi connectivity index (χ3n) is 2.54. The normalized spacial score (nSPS) is 12.7. The Bertz CT molecular complexity index is 346. The van der Waals surface area contributed by atoms with Crippen LogP contribution in [0.3, 0.4) is 0 Å². The van der Waals surface area contributed by atoms with E-state index in [0.717, 1.165) is 18.5 Å². The summed E-state index contributed by atoms with van der Waals surface area (Å²) < 4.78 is 12.9. The molecule has 0 saturated heterocycles. The van der Waals surface area contributed by atoms with Gasteiger partial charge in [0.15, 0.2) is 0 Å². The zero-order chi connectivity index (χ0) is 12.7. The molecule has 0 heterocycles. The van der Waals surface area contributed by atoms with Crippen molar-refractivity contribution in [2.45, 2.75) is 32.9 Å². The Morgan fingerprint density at radius 1 is 1.47 bits per heavy atom. The molecule has 0 amide bonds. The van der Waals surface area contributed by atoms with E-state index in [2.05, 4.69) is 19.2 Å². The number of thioether (sulfide) groups is 1. The molecule has 1 rings (SSSR count). The Morgan fingerprint density at radius 3 is 2.88 bits per heavy atom. The zero-order valence-corrected chi connectivity index (χ0v) is 11.9. The quantitative estimate of drug-likeness (QED) is 0.752. The zero-order valence-electron chi connectivity index (χ0n) is 10.3. The first-order valence-corrected chi connectivity index (χ1v) is 7.41. The summed E-state index contributed by atoms with van der Waals surface area (Å²) in [5.74, 6) is 1.98. The van der Waals surface area contributed by atoms with Gasteiger partial charge in [0.25, 0.3) is 0 Å². The minimum Gasteiger partial charge on any atom is -0.310 e. The van der Waals surface area contributed by atoms with Crippen molar-refractivity contribution in [1.29, 1.82) is 0 Å². The lowest BCUT2D eigenvalue weighted by Crippen LogP contribution is -2.26. The maximum Gasteiger partial charge on any atom is 0.141 e. The molecule has 96 valence electrons. The van der Waals surface area contributed by atoms with E-state index in [-0.39, 0.29) is 10.8 Å². The summed E-state index contributed by atoms with van der Waals surface area (Å²) in [6, 6.07) is 5.33. The molecule has 0 aliphatic heterocycles. The average Bonchev–Trinajstić information content (AvgIpc) is 2.31. The number of hydrogen-bond donors (Lipinski definition) is 1. The number of nitrogens with one attached hydrogen (secondary N) is 1. The van der Waals surface area contributed by atoms with Crippen LogP contribution in [0.5, 0.6) is 0 Å². The second-order valence-electron chi connectivity index (χ2n) is 4.02. The summed E-state index contributed by atoms with van der Waals surface area (Å²) in [4.78, 5) is 0. The van der Waals surface area contributed by atoms with Crippen molar-refractivity contribution in [3.8, 4) is 0 Å². The van der Waals surface area contributed by atoms with Gasteiger partial charge in [0, 0.05) is 12.6 Å². The predicted octanol–water partition coefficient (Wildman–Crippen LogP) is 4.10. The number of benzene rings is 1. The molecule has 1 atom stereocenters. The summed E-state index contributed by atoms with van der Waals surface area (Å²) in [5, 5.41) is 3.60. The minimum atomic E-state index is -0.359. The molecular weight excluding hydrogens is 257 g/mol. The van der Waals surface area contributed by atoms with Crippen LogP contribution in [0.15, 0.2) is 18.2 Å². The van der Waals surface area contributed by atoms with E-state index in [1.165, 1.54) is 17.6 Å². The first-order chi connectivity index (χ1) is 8.13. The average molecular weight is 276 g/mol. The van der Waals surface area contributed by atoms with Gasteiger partial charge in [-0.1, -0.05) is 24.6 Å². The highest BCUT2D eigenvalue weighted by Crippen LogP contribution is 2.16. The molecule has 4 heteroatoms. The molecule has 0 aliphatic rings. The molecule has 1 N–H and O–H groups in total. The first-order valence-electron chi connectivity index (χ1n) is 5.88. The number of hydrogen-bond acceptors (Lipinski definition) is 2. The SMILES string of the molecule is CCSCCC(C)NCc1ccc(F)c(Cl)c1. The van der Waals surface area contributed by atoms with E-state index in [4.69, 9.17) is 11.6 Å². The predicted molar refractivity (Wildman–Crippen MR) is 75.3 cm³/mol. The Kier molecular flexibility index (Phi) is 6.93. The van der Waals surface area contributed by atoms with Crippen molar-refractivity contribution in [3.05, 3.63) is 34.6 Å². The second-order valence-corrected chi connectivity index (χ2v) is 5.82. The molecule has 0 spiro atoms. The molecule has 1 unspecified atom stereocenters. The van der Waals surface area contributed by atoms with Gasteiger partial charge in [-0.3, -0.25) is 0 Å². The van der Waals surface area contributed by atoms with E-state index in [1.807, 2.05) is 11.8 Å². The number of rotatable bonds is 7. The fraction of sp³-hybridized carbons (Fsp3) is 0.538. The Morgan fingerprint density at radius 2 is 2.24 bits per heavy atom. The van der Waals surface area contributed by atoms with Crippen LogP contribution in [-0.4, -0.2) is 17.5 Å². The molecule has 0 aliphatic carbocycles. The summed E-state index contributed by atoms with van der Waals surface area (Å²) in [5.41, 5.74) is 1.02. The van der Waals surface area contributed by atoms with Crippen LogP contribution < -0.4 is 5.32 Å². The molecule has 1 aromatic rings. The maximum atomic E-state index is 12.9. The van der Waals surface area contributed by atoms with Crippen molar-refractivity contribution >= 4 is 23.4 Å². The smallest absolute Gasteiger partial charge is 0.141 e. The number of halogens is 2. The lowest BCUT2D eigenvalue weighted by molar-refractivity contribution is 0.536. The van der Waals surface area contributed by atoms with Crippen LogP contribution >= 0.6 is 23.4 Å². The van der Waals surface area contributed by atoms with Crippen molar-refractivity contribution in [3.63, 3.8) is 0 Å². The van der Waals surface area contributed by atoms with Crippen molar-refractivity contribution < 1.29 is 4.39 Å². The second kappa shape index (κ2) is 7.96. The van der Waals surface area contributed by atoms with Crippen molar-refractivity contribution in [2.75, 3.05) is 11.5 Å². The van der Waals surface area contributed by atoms with Gasteiger partial charge in [-0.25, -0.2) is 4.39 Å². The summed E-state index contributed by atoms with van der Waals surface area (Å²) >= 11 is 7.68. The summed E-state index contributed by atoms with van der Waals surface area (Å²) in [7, 11) is 0. The Balaban J connectivity index is 2.31. The van der Waals surface area contributed by atoms with Crippen molar-refractivity contribution in [2.24, 2.45) is 0 Å². The maximum absolute atomic E-state index is 12.9. The summed E-state index contributed by atoms with van der Waals surface area (Å²) in [6.07, 6.45) is 1.15. The lowest BCUT2D eigenvalue weighted by Gasteiger charge is -2.13. The van der Waals surface area contributed by atoms with Gasteiger partial charge in [0.2, 0.25) is 0 Å². The van der Waals surface area contributed by atoms with Crippen LogP contribution in [0.4, 0.5) is 4.39 Å². The van der Waals surface area contributed by atoms with Crippen LogP contribution in [0.25, 0.3) is 0 Å². The van der Waals surface area contributed by atoms with Gasteiger partial charge in [0.05, 0.1) is 5.02 Å². The molecule has 1 aromatic carbocycles. The van der Waals surface area contributed by atoms with Crippen LogP contribution in [-0.2, 0) is 6.54 Å². The van der Waals surface area contributed by atoms with Crippen molar-refractivity contribution in [1.82, 2.24) is 5.32 Å². The molecular formula is C13H19ClFNS. The molecule has 0 saturated carbocycles. The van der Waals surface area contributed by atoms with Crippen LogP contribution in [0.2, 0.25) is 5.02 Å². The van der Waals surface area contributed by atoms with Gasteiger partial charge in [-0.05, 0) is 42.5 Å². The van der Waals surface area contributed by atoms with E-state index in [0.29, 0.717) is 6.04 Å². The van der Waals surface area contributed by atoms with E-state index in [1.54, 1.807) is 12.1 Å². The van der Waals surface area contributed by atoms with Crippen LogP contribution in [0.1, 0.15) is 25.8 Å². The van der Waals surface area contributed by atoms with Gasteiger partial charge in [0.1, 0.15) is 5.82 Å². The topological polar surface area (TPSA) is 12.0 Å². The first kappa shape index (κ1) is 14.8. The van der Waals surface area contributed by atoms with E-state index < -0.39 is 0 Å². The highest BCUT2D eigenvalue weighted by molar-refractivity contribution is 7.99. The fourth-order valence-corrected chi connectivity index (χ4v) is 2.46.